The second-order valence-electron chi connectivity index (χ2n) is 3.11. The summed E-state index contributed by atoms with van der Waals surface area (Å²) in [6, 6.07) is 5.07. The second kappa shape index (κ2) is 4.57. The van der Waals surface area contributed by atoms with E-state index in [1.807, 2.05) is 13.0 Å². The molecule has 0 bridgehead atoms. The molecule has 0 aliphatic rings. The minimum absolute atomic E-state index is 0.0116. The third-order valence-electron chi connectivity index (χ3n) is 2.11. The number of ketones is 1. The topological polar surface area (TPSA) is 55.1 Å². The number of benzene rings is 1. The van der Waals surface area contributed by atoms with Crippen molar-refractivity contribution in [3.63, 3.8) is 0 Å². The van der Waals surface area contributed by atoms with E-state index in [4.69, 9.17) is 5.73 Å². The highest BCUT2D eigenvalue weighted by Gasteiger charge is 2.15. The first-order valence-corrected chi connectivity index (χ1v) is 5.12. The van der Waals surface area contributed by atoms with E-state index in [-0.39, 0.29) is 11.8 Å². The molecule has 1 aromatic carbocycles. The number of nitrogens with one attached hydrogen (secondary N) is 1. The first kappa shape index (κ1) is 11.2. The molecule has 0 amide bonds. The third-order valence-corrected chi connectivity index (χ3v) is 2.60. The first-order chi connectivity index (χ1) is 6.56. The lowest BCUT2D eigenvalue weighted by atomic mass is 10.0. The van der Waals surface area contributed by atoms with Crippen molar-refractivity contribution in [2.75, 3.05) is 12.8 Å². The maximum Gasteiger partial charge on any atom is 0.181 e. The molecule has 0 saturated carbocycles. The second-order valence-corrected chi connectivity index (χ2v) is 4.02. The van der Waals surface area contributed by atoms with E-state index in [1.54, 1.807) is 19.2 Å². The standard InChI is InChI=1S/C10H13BrN2O/c1-6(13-2)10(14)8-4-3-7(11)5-9(8)12/h3-6,13H,12H2,1-2H3. The van der Waals surface area contributed by atoms with Crippen LogP contribution < -0.4 is 11.1 Å². The van der Waals surface area contributed by atoms with Crippen LogP contribution in [0.1, 0.15) is 17.3 Å². The Labute approximate surface area is 91.8 Å². The predicted molar refractivity (Wildman–Crippen MR) is 61.4 cm³/mol. The van der Waals surface area contributed by atoms with Crippen LogP contribution in [0.15, 0.2) is 22.7 Å². The molecule has 1 atom stereocenters. The van der Waals surface area contributed by atoms with E-state index in [2.05, 4.69) is 21.2 Å². The minimum Gasteiger partial charge on any atom is -0.398 e. The zero-order valence-corrected chi connectivity index (χ0v) is 9.76. The summed E-state index contributed by atoms with van der Waals surface area (Å²) in [4.78, 5) is 11.8. The average molecular weight is 257 g/mol. The molecule has 1 rings (SSSR count). The number of hydrogen-bond donors (Lipinski definition) is 2. The zero-order chi connectivity index (χ0) is 10.7. The molecule has 0 radical (unpaired) electrons. The molecule has 1 unspecified atom stereocenters. The molecular formula is C10H13BrN2O. The van der Waals surface area contributed by atoms with Crippen molar-refractivity contribution in [2.24, 2.45) is 0 Å². The quantitative estimate of drug-likeness (QED) is 0.641. The molecule has 0 fully saturated rings. The summed E-state index contributed by atoms with van der Waals surface area (Å²) in [5, 5.41) is 2.89. The van der Waals surface area contributed by atoms with Gasteiger partial charge < -0.3 is 11.1 Å². The fourth-order valence-electron chi connectivity index (χ4n) is 1.12. The van der Waals surface area contributed by atoms with Crippen LogP contribution >= 0.6 is 15.9 Å². The maximum absolute atomic E-state index is 11.8. The van der Waals surface area contributed by atoms with Crippen molar-refractivity contribution >= 4 is 27.4 Å². The van der Waals surface area contributed by atoms with Crippen LogP contribution in [-0.2, 0) is 0 Å². The number of Topliss-reactive ketones (excluding diaryl/α,β-unsaturated/α-hetero) is 1. The molecule has 4 heteroatoms. The summed E-state index contributed by atoms with van der Waals surface area (Å²) in [6.07, 6.45) is 0. The molecular weight excluding hydrogens is 244 g/mol. The highest BCUT2D eigenvalue weighted by Crippen LogP contribution is 2.19. The number of hydrogen-bond acceptors (Lipinski definition) is 3. The van der Waals surface area contributed by atoms with Gasteiger partial charge in [0.1, 0.15) is 0 Å². The number of carbonyl (C=O) groups is 1. The summed E-state index contributed by atoms with van der Waals surface area (Å²) in [6.45, 7) is 1.81. The lowest BCUT2D eigenvalue weighted by molar-refractivity contribution is 0.0956. The minimum atomic E-state index is -0.210. The van der Waals surface area contributed by atoms with Gasteiger partial charge in [0, 0.05) is 15.7 Å². The Morgan fingerprint density at radius 2 is 2.21 bits per heavy atom. The van der Waals surface area contributed by atoms with Crippen LogP contribution in [0.3, 0.4) is 0 Å². The van der Waals surface area contributed by atoms with Crippen molar-refractivity contribution in [3.05, 3.63) is 28.2 Å². The highest BCUT2D eigenvalue weighted by molar-refractivity contribution is 9.10. The fraction of sp³-hybridized carbons (Fsp3) is 0.300. The molecule has 0 heterocycles. The van der Waals surface area contributed by atoms with E-state index < -0.39 is 0 Å². The monoisotopic (exact) mass is 256 g/mol. The Hall–Kier alpha value is -0.870. The third kappa shape index (κ3) is 2.33. The Balaban J connectivity index is 3.02. The predicted octanol–water partition coefficient (Wildman–Crippen LogP) is 1.82. The number of anilines is 1. The van der Waals surface area contributed by atoms with Gasteiger partial charge >= 0.3 is 0 Å². The summed E-state index contributed by atoms with van der Waals surface area (Å²) in [7, 11) is 1.75. The van der Waals surface area contributed by atoms with Crippen LogP contribution in [0.2, 0.25) is 0 Å². The molecule has 1 aromatic rings. The van der Waals surface area contributed by atoms with Gasteiger partial charge in [-0.15, -0.1) is 0 Å². The van der Waals surface area contributed by atoms with Crippen LogP contribution in [0.5, 0.6) is 0 Å². The number of rotatable bonds is 3. The van der Waals surface area contributed by atoms with Crippen molar-refractivity contribution < 1.29 is 4.79 Å². The number of nitrogen functional groups attached to an aromatic ring is 1. The molecule has 0 aliphatic carbocycles. The number of halogens is 1. The first-order valence-electron chi connectivity index (χ1n) is 4.32. The van der Waals surface area contributed by atoms with E-state index in [9.17, 15) is 4.79 Å². The fourth-order valence-corrected chi connectivity index (χ4v) is 1.50. The van der Waals surface area contributed by atoms with E-state index >= 15 is 0 Å². The van der Waals surface area contributed by atoms with Crippen LogP contribution in [0, 0.1) is 0 Å². The van der Waals surface area contributed by atoms with Crippen molar-refractivity contribution in [1.82, 2.24) is 5.32 Å². The van der Waals surface area contributed by atoms with E-state index in [1.165, 1.54) is 0 Å². The summed E-state index contributed by atoms with van der Waals surface area (Å²) < 4.78 is 0.878. The smallest absolute Gasteiger partial charge is 0.181 e. The zero-order valence-electron chi connectivity index (χ0n) is 8.17. The summed E-state index contributed by atoms with van der Waals surface area (Å²) >= 11 is 3.29. The molecule has 0 spiro atoms. The number of likely N-dealkylation sites (N-methyl/N-ethyl adjacent to an activating group) is 1. The van der Waals surface area contributed by atoms with Gasteiger partial charge in [-0.1, -0.05) is 15.9 Å². The SMILES string of the molecule is CNC(C)C(=O)c1ccc(Br)cc1N. The highest BCUT2D eigenvalue weighted by atomic mass is 79.9. The Bertz CT molecular complexity index is 352. The van der Waals surface area contributed by atoms with E-state index in [0.717, 1.165) is 4.47 Å². The lowest BCUT2D eigenvalue weighted by Crippen LogP contribution is -2.31. The van der Waals surface area contributed by atoms with Gasteiger partial charge in [-0.2, -0.15) is 0 Å². The van der Waals surface area contributed by atoms with Crippen molar-refractivity contribution in [1.29, 1.82) is 0 Å². The van der Waals surface area contributed by atoms with Gasteiger partial charge in [-0.05, 0) is 32.2 Å². The van der Waals surface area contributed by atoms with Crippen molar-refractivity contribution in [3.8, 4) is 0 Å². The largest absolute Gasteiger partial charge is 0.398 e. The Morgan fingerprint density at radius 1 is 1.57 bits per heavy atom. The molecule has 14 heavy (non-hydrogen) atoms. The maximum atomic E-state index is 11.8. The van der Waals surface area contributed by atoms with Gasteiger partial charge in [0.2, 0.25) is 0 Å². The van der Waals surface area contributed by atoms with Crippen LogP contribution in [0.4, 0.5) is 5.69 Å². The normalized spacial score (nSPS) is 12.5. The summed E-state index contributed by atoms with van der Waals surface area (Å²) in [5.74, 6) is 0.0116. The van der Waals surface area contributed by atoms with Gasteiger partial charge in [-0.25, -0.2) is 0 Å². The molecule has 0 saturated heterocycles. The molecule has 76 valence electrons. The number of carbonyl (C=O) groups excluding carboxylic acids is 1. The van der Waals surface area contributed by atoms with Crippen LogP contribution in [0.25, 0.3) is 0 Å². The molecule has 0 aromatic heterocycles. The van der Waals surface area contributed by atoms with Gasteiger partial charge in [0.25, 0.3) is 0 Å². The van der Waals surface area contributed by atoms with Gasteiger partial charge in [0.15, 0.2) is 5.78 Å². The molecule has 3 nitrogen and oxygen atoms in total. The van der Waals surface area contributed by atoms with Crippen molar-refractivity contribution in [2.45, 2.75) is 13.0 Å². The average Bonchev–Trinajstić information content (AvgIpc) is 2.15. The van der Waals surface area contributed by atoms with E-state index in [0.29, 0.717) is 11.3 Å². The van der Waals surface area contributed by atoms with Crippen LogP contribution in [-0.4, -0.2) is 18.9 Å². The Morgan fingerprint density at radius 3 is 2.71 bits per heavy atom. The molecule has 0 aliphatic heterocycles. The Kier molecular flexibility index (Phi) is 3.66. The lowest BCUT2D eigenvalue weighted by Gasteiger charge is -2.10. The van der Waals surface area contributed by atoms with Gasteiger partial charge in [-0.3, -0.25) is 4.79 Å². The van der Waals surface area contributed by atoms with Gasteiger partial charge in [0.05, 0.1) is 6.04 Å². The molecule has 3 N–H and O–H groups in total. The summed E-state index contributed by atoms with van der Waals surface area (Å²) in [5.41, 5.74) is 6.81. The number of nitrogens with two attached hydrogens (primary N) is 1.